The number of rotatable bonds is 7. The van der Waals surface area contributed by atoms with Gasteiger partial charge in [-0.3, -0.25) is 0 Å². The first-order valence-electron chi connectivity index (χ1n) is 6.76. The van der Waals surface area contributed by atoms with Gasteiger partial charge in [0, 0.05) is 0 Å². The number of hydrogen-bond donors (Lipinski definition) is 0. The Bertz CT molecular complexity index is 506. The largest absolute Gasteiger partial charge is 0.497 e. The molecule has 0 saturated heterocycles. The molecule has 0 saturated carbocycles. The molecule has 5 heteroatoms. The van der Waals surface area contributed by atoms with Crippen molar-refractivity contribution in [3.05, 3.63) is 35.9 Å². The average molecular weight is 291 g/mol. The number of oxime groups is 1. The van der Waals surface area contributed by atoms with Crippen molar-refractivity contribution in [2.75, 3.05) is 13.7 Å². The standard InChI is InChI=1S/C16H21NO4/c1-5-20-16(18)13(3)21-17-12(2)6-7-14-8-10-15(19-4)11-9-14/h6-11,13H,5H2,1-4H3/b7-6+,17-12+. The summed E-state index contributed by atoms with van der Waals surface area (Å²) < 4.78 is 9.91. The van der Waals surface area contributed by atoms with Crippen LogP contribution in [0, 0.1) is 0 Å². The fourth-order valence-corrected chi connectivity index (χ4v) is 1.43. The predicted octanol–water partition coefficient (Wildman–Crippen LogP) is 3.05. The van der Waals surface area contributed by atoms with Gasteiger partial charge in [-0.2, -0.15) is 0 Å². The van der Waals surface area contributed by atoms with Crippen LogP contribution in [0.15, 0.2) is 35.5 Å². The normalized spacial score (nSPS) is 13.0. The molecule has 0 spiro atoms. The SMILES string of the molecule is CCOC(=O)C(C)O/N=C(C)/C=C/c1ccc(OC)cc1. The van der Waals surface area contributed by atoms with E-state index in [0.717, 1.165) is 11.3 Å². The summed E-state index contributed by atoms with van der Waals surface area (Å²) in [6, 6.07) is 7.63. The van der Waals surface area contributed by atoms with Gasteiger partial charge >= 0.3 is 5.97 Å². The minimum absolute atomic E-state index is 0.326. The van der Waals surface area contributed by atoms with E-state index in [9.17, 15) is 4.79 Å². The van der Waals surface area contributed by atoms with Crippen molar-refractivity contribution < 1.29 is 19.1 Å². The molecule has 1 unspecified atom stereocenters. The summed E-state index contributed by atoms with van der Waals surface area (Å²) in [6.07, 6.45) is 2.99. The first-order chi connectivity index (χ1) is 10.1. The fraction of sp³-hybridized carbons (Fsp3) is 0.375. The second-order valence-electron chi connectivity index (χ2n) is 4.34. The maximum Gasteiger partial charge on any atom is 0.349 e. The molecule has 1 atom stereocenters. The van der Waals surface area contributed by atoms with Crippen LogP contribution in [0.5, 0.6) is 5.75 Å². The van der Waals surface area contributed by atoms with Crippen molar-refractivity contribution in [2.45, 2.75) is 26.9 Å². The summed E-state index contributed by atoms with van der Waals surface area (Å²) in [5, 5.41) is 3.88. The van der Waals surface area contributed by atoms with Crippen LogP contribution >= 0.6 is 0 Å². The van der Waals surface area contributed by atoms with Crippen LogP contribution in [0.4, 0.5) is 0 Å². The highest BCUT2D eigenvalue weighted by Crippen LogP contribution is 2.12. The van der Waals surface area contributed by atoms with E-state index in [1.54, 1.807) is 34.0 Å². The Morgan fingerprint density at radius 2 is 2.00 bits per heavy atom. The molecule has 0 amide bonds. The quantitative estimate of drug-likeness (QED) is 0.440. The van der Waals surface area contributed by atoms with E-state index in [1.807, 2.05) is 30.3 Å². The minimum Gasteiger partial charge on any atom is -0.497 e. The number of benzene rings is 1. The lowest BCUT2D eigenvalue weighted by Crippen LogP contribution is -2.21. The molecular weight excluding hydrogens is 270 g/mol. The maximum atomic E-state index is 11.3. The third kappa shape index (κ3) is 6.12. The molecule has 5 nitrogen and oxygen atoms in total. The van der Waals surface area contributed by atoms with Gasteiger partial charge in [-0.15, -0.1) is 0 Å². The van der Waals surface area contributed by atoms with Crippen molar-refractivity contribution in [2.24, 2.45) is 5.16 Å². The Hall–Kier alpha value is -2.30. The summed E-state index contributed by atoms with van der Waals surface area (Å²) in [4.78, 5) is 16.4. The first kappa shape index (κ1) is 16.8. The number of carbonyl (C=O) groups is 1. The number of carbonyl (C=O) groups excluding carboxylic acids is 1. The van der Waals surface area contributed by atoms with Crippen LogP contribution in [-0.4, -0.2) is 31.5 Å². The number of esters is 1. The molecule has 0 heterocycles. The lowest BCUT2D eigenvalue weighted by molar-refractivity contribution is -0.155. The van der Waals surface area contributed by atoms with Crippen LogP contribution in [0.2, 0.25) is 0 Å². The monoisotopic (exact) mass is 291 g/mol. The summed E-state index contributed by atoms with van der Waals surface area (Å²) in [6.45, 7) is 5.46. The summed E-state index contributed by atoms with van der Waals surface area (Å²) in [5.74, 6) is 0.386. The number of methoxy groups -OCH3 is 1. The molecule has 1 aromatic rings. The van der Waals surface area contributed by atoms with Crippen LogP contribution < -0.4 is 4.74 Å². The van der Waals surface area contributed by atoms with E-state index in [4.69, 9.17) is 14.3 Å². The van der Waals surface area contributed by atoms with Gasteiger partial charge in [0.2, 0.25) is 6.10 Å². The molecule has 114 valence electrons. The Labute approximate surface area is 125 Å². The summed E-state index contributed by atoms with van der Waals surface area (Å²) >= 11 is 0. The van der Waals surface area contributed by atoms with Crippen molar-refractivity contribution in [1.82, 2.24) is 0 Å². The van der Waals surface area contributed by atoms with E-state index in [2.05, 4.69) is 5.16 Å². The molecular formula is C16H21NO4. The summed E-state index contributed by atoms with van der Waals surface area (Å²) in [7, 11) is 1.63. The molecule has 0 aliphatic rings. The zero-order valence-corrected chi connectivity index (χ0v) is 12.8. The molecule has 0 radical (unpaired) electrons. The van der Waals surface area contributed by atoms with Gasteiger partial charge in [-0.1, -0.05) is 23.4 Å². The number of ether oxygens (including phenoxy) is 2. The molecule has 0 N–H and O–H groups in total. The second kappa shape index (κ2) is 8.79. The van der Waals surface area contributed by atoms with Gasteiger partial charge in [-0.25, -0.2) is 4.79 Å². The van der Waals surface area contributed by atoms with E-state index in [-0.39, 0.29) is 0 Å². The lowest BCUT2D eigenvalue weighted by Gasteiger charge is -2.08. The molecule has 1 rings (SSSR count). The molecule has 0 aliphatic carbocycles. The molecule has 0 aliphatic heterocycles. The average Bonchev–Trinajstić information content (AvgIpc) is 2.51. The number of nitrogens with zero attached hydrogens (tertiary/aromatic N) is 1. The predicted molar refractivity (Wildman–Crippen MR) is 82.3 cm³/mol. The van der Waals surface area contributed by atoms with Gasteiger partial charge < -0.3 is 14.3 Å². The number of hydrogen-bond acceptors (Lipinski definition) is 5. The Kier molecular flexibility index (Phi) is 7.01. The van der Waals surface area contributed by atoms with Gasteiger partial charge in [0.1, 0.15) is 5.75 Å². The fourth-order valence-electron chi connectivity index (χ4n) is 1.43. The Morgan fingerprint density at radius 1 is 1.33 bits per heavy atom. The maximum absolute atomic E-state index is 11.3. The highest BCUT2D eigenvalue weighted by atomic mass is 16.7. The Balaban J connectivity index is 2.54. The zero-order chi connectivity index (χ0) is 15.7. The van der Waals surface area contributed by atoms with Gasteiger partial charge in [-0.05, 0) is 44.5 Å². The topological polar surface area (TPSA) is 57.1 Å². The molecule has 21 heavy (non-hydrogen) atoms. The van der Waals surface area contributed by atoms with Gasteiger partial charge in [0.05, 0.1) is 19.4 Å². The van der Waals surface area contributed by atoms with Crippen LogP contribution in [0.3, 0.4) is 0 Å². The molecule has 0 fully saturated rings. The van der Waals surface area contributed by atoms with E-state index >= 15 is 0 Å². The van der Waals surface area contributed by atoms with Crippen LogP contribution in [-0.2, 0) is 14.4 Å². The van der Waals surface area contributed by atoms with Gasteiger partial charge in [0.15, 0.2) is 0 Å². The second-order valence-corrected chi connectivity index (χ2v) is 4.34. The zero-order valence-electron chi connectivity index (χ0n) is 12.8. The first-order valence-corrected chi connectivity index (χ1v) is 6.76. The van der Waals surface area contributed by atoms with Crippen molar-refractivity contribution in [3.8, 4) is 5.75 Å². The minimum atomic E-state index is -0.714. The van der Waals surface area contributed by atoms with E-state index in [0.29, 0.717) is 12.3 Å². The molecule has 1 aromatic carbocycles. The highest BCUT2D eigenvalue weighted by Gasteiger charge is 2.14. The molecule has 0 aromatic heterocycles. The highest BCUT2D eigenvalue weighted by molar-refractivity contribution is 5.96. The number of allylic oxidation sites excluding steroid dienone is 1. The van der Waals surface area contributed by atoms with Crippen molar-refractivity contribution in [1.29, 1.82) is 0 Å². The van der Waals surface area contributed by atoms with Gasteiger partial charge in [0.25, 0.3) is 0 Å². The van der Waals surface area contributed by atoms with Crippen LogP contribution in [0.25, 0.3) is 6.08 Å². The summed E-state index contributed by atoms with van der Waals surface area (Å²) in [5.41, 5.74) is 1.67. The third-order valence-electron chi connectivity index (χ3n) is 2.61. The van der Waals surface area contributed by atoms with Crippen LogP contribution in [0.1, 0.15) is 26.3 Å². The Morgan fingerprint density at radius 3 is 2.57 bits per heavy atom. The molecule has 0 bridgehead atoms. The van der Waals surface area contributed by atoms with E-state index < -0.39 is 12.1 Å². The smallest absolute Gasteiger partial charge is 0.349 e. The third-order valence-corrected chi connectivity index (χ3v) is 2.61. The lowest BCUT2D eigenvalue weighted by atomic mass is 10.2. The van der Waals surface area contributed by atoms with Crippen molar-refractivity contribution >= 4 is 17.8 Å². The van der Waals surface area contributed by atoms with E-state index in [1.165, 1.54) is 0 Å². The van der Waals surface area contributed by atoms with Crippen molar-refractivity contribution in [3.63, 3.8) is 0 Å².